The Kier molecular flexibility index (Phi) is 3.24. The highest BCUT2D eigenvalue weighted by atomic mass is 32.1. The van der Waals surface area contributed by atoms with Crippen molar-refractivity contribution in [2.75, 3.05) is 12.8 Å². The molecular weight excluding hydrogens is 230 g/mol. The molecule has 0 aliphatic heterocycles. The minimum Gasteiger partial charge on any atom is -0.397 e. The van der Waals surface area contributed by atoms with E-state index < -0.39 is 0 Å². The Labute approximate surface area is 105 Å². The fourth-order valence-corrected chi connectivity index (χ4v) is 2.60. The van der Waals surface area contributed by atoms with Gasteiger partial charge in [0, 0.05) is 11.9 Å². The van der Waals surface area contributed by atoms with Gasteiger partial charge in [-0.1, -0.05) is 6.07 Å². The number of hydrogen-bond donors (Lipinski definition) is 1. The van der Waals surface area contributed by atoms with Crippen LogP contribution in [0.15, 0.2) is 33.8 Å². The number of azo groups is 1. The molecule has 2 aromatic rings. The van der Waals surface area contributed by atoms with Gasteiger partial charge in [-0.15, -0.1) is 11.3 Å². The van der Waals surface area contributed by atoms with Gasteiger partial charge < -0.3 is 5.73 Å². The summed E-state index contributed by atoms with van der Waals surface area (Å²) in [5, 5.41) is 9.96. The van der Waals surface area contributed by atoms with E-state index in [0.29, 0.717) is 5.69 Å². The van der Waals surface area contributed by atoms with Crippen molar-refractivity contribution in [3.63, 3.8) is 0 Å². The third-order valence-electron chi connectivity index (χ3n) is 2.92. The summed E-state index contributed by atoms with van der Waals surface area (Å²) < 4.78 is 0. The predicted octanol–water partition coefficient (Wildman–Crippen LogP) is 4.33. The number of nitrogens with two attached hydrogens (primary N) is 1. The van der Waals surface area contributed by atoms with Gasteiger partial charge in [0.15, 0.2) is 0 Å². The van der Waals surface area contributed by atoms with E-state index in [-0.39, 0.29) is 0 Å². The molecule has 0 fully saturated rings. The molecule has 1 aromatic heterocycles. The maximum Gasteiger partial charge on any atom is 0.109 e. The Morgan fingerprint density at radius 1 is 1.24 bits per heavy atom. The zero-order valence-corrected chi connectivity index (χ0v) is 11.0. The summed E-state index contributed by atoms with van der Waals surface area (Å²) >= 11 is 1.72. The molecule has 0 aliphatic rings. The van der Waals surface area contributed by atoms with E-state index in [2.05, 4.69) is 28.6 Å². The Bertz CT molecular complexity index is 557. The number of benzene rings is 1. The minimum atomic E-state index is 0.716. The molecule has 1 heterocycles. The molecule has 17 heavy (non-hydrogen) atoms. The maximum atomic E-state index is 6.04. The van der Waals surface area contributed by atoms with Gasteiger partial charge in [0.25, 0.3) is 0 Å². The molecule has 1 aromatic carbocycles. The van der Waals surface area contributed by atoms with Crippen molar-refractivity contribution in [3.05, 3.63) is 34.7 Å². The first-order chi connectivity index (χ1) is 8.15. The monoisotopic (exact) mass is 245 g/mol. The summed E-state index contributed by atoms with van der Waals surface area (Å²) in [7, 11) is 1.65. The number of rotatable bonds is 2. The number of hydrogen-bond acceptors (Lipinski definition) is 4. The van der Waals surface area contributed by atoms with Crippen LogP contribution in [0.25, 0.3) is 10.4 Å². The molecule has 0 amide bonds. The highest BCUT2D eigenvalue weighted by Gasteiger charge is 2.11. The lowest BCUT2D eigenvalue weighted by Crippen LogP contribution is -1.95. The van der Waals surface area contributed by atoms with Gasteiger partial charge in [-0.2, -0.15) is 10.2 Å². The average molecular weight is 245 g/mol. The van der Waals surface area contributed by atoms with Crippen molar-refractivity contribution in [2.45, 2.75) is 13.8 Å². The Hall–Kier alpha value is -1.68. The predicted molar refractivity (Wildman–Crippen MR) is 74.1 cm³/mol. The Morgan fingerprint density at radius 3 is 2.59 bits per heavy atom. The van der Waals surface area contributed by atoms with Crippen LogP contribution in [0.2, 0.25) is 0 Å². The van der Waals surface area contributed by atoms with E-state index in [1.165, 1.54) is 16.0 Å². The van der Waals surface area contributed by atoms with E-state index in [9.17, 15) is 0 Å². The maximum absolute atomic E-state index is 6.04. The molecule has 0 radical (unpaired) electrons. The molecule has 88 valence electrons. The van der Waals surface area contributed by atoms with Crippen molar-refractivity contribution in [2.24, 2.45) is 10.2 Å². The van der Waals surface area contributed by atoms with Crippen LogP contribution >= 0.6 is 11.3 Å². The molecule has 0 unspecified atom stereocenters. The van der Waals surface area contributed by atoms with Gasteiger partial charge in [0.05, 0.1) is 5.69 Å². The normalized spacial score (nSPS) is 11.2. The summed E-state index contributed by atoms with van der Waals surface area (Å²) in [6.45, 7) is 4.12. The molecule has 0 spiro atoms. The molecule has 4 heteroatoms. The van der Waals surface area contributed by atoms with Crippen LogP contribution in [0.5, 0.6) is 0 Å². The first kappa shape index (κ1) is 11.8. The molecule has 2 N–H and O–H groups in total. The van der Waals surface area contributed by atoms with E-state index in [0.717, 1.165) is 11.3 Å². The summed E-state index contributed by atoms with van der Waals surface area (Å²) in [6, 6.07) is 6.16. The number of thiophene rings is 1. The molecule has 0 aliphatic carbocycles. The third-order valence-corrected chi connectivity index (χ3v) is 3.83. The lowest BCUT2D eigenvalue weighted by molar-refractivity contribution is 1.16. The summed E-state index contributed by atoms with van der Waals surface area (Å²) in [4.78, 5) is 1.23. The summed E-state index contributed by atoms with van der Waals surface area (Å²) in [6.07, 6.45) is 0. The van der Waals surface area contributed by atoms with E-state index >= 15 is 0 Å². The Morgan fingerprint density at radius 2 is 2.00 bits per heavy atom. The van der Waals surface area contributed by atoms with Crippen LogP contribution in [-0.2, 0) is 0 Å². The lowest BCUT2D eigenvalue weighted by atomic mass is 9.99. The van der Waals surface area contributed by atoms with Gasteiger partial charge in [-0.3, -0.25) is 0 Å². The van der Waals surface area contributed by atoms with Crippen molar-refractivity contribution >= 4 is 22.7 Å². The third kappa shape index (κ3) is 2.08. The first-order valence-corrected chi connectivity index (χ1v) is 6.26. The average Bonchev–Trinajstić information content (AvgIpc) is 2.83. The standard InChI is InChI=1S/C13H15N3S/c1-8-9(2)13(14)11(16-15-3)7-10(8)12-5-4-6-17-12/h4-7H,14H2,1-3H3. The molecule has 3 nitrogen and oxygen atoms in total. The molecule has 0 atom stereocenters. The fourth-order valence-electron chi connectivity index (χ4n) is 1.80. The lowest BCUT2D eigenvalue weighted by Gasteiger charge is -2.12. The van der Waals surface area contributed by atoms with Gasteiger partial charge in [-0.05, 0) is 48.1 Å². The fraction of sp³-hybridized carbons (Fsp3) is 0.231. The molecule has 0 saturated carbocycles. The van der Waals surface area contributed by atoms with Crippen molar-refractivity contribution < 1.29 is 0 Å². The van der Waals surface area contributed by atoms with Gasteiger partial charge in [-0.25, -0.2) is 0 Å². The van der Waals surface area contributed by atoms with Crippen molar-refractivity contribution in [3.8, 4) is 10.4 Å². The highest BCUT2D eigenvalue weighted by Crippen LogP contribution is 2.37. The van der Waals surface area contributed by atoms with Crippen LogP contribution in [0.3, 0.4) is 0 Å². The van der Waals surface area contributed by atoms with Gasteiger partial charge in [0.1, 0.15) is 5.69 Å². The summed E-state index contributed by atoms with van der Waals surface area (Å²) in [5.74, 6) is 0. The van der Waals surface area contributed by atoms with Crippen LogP contribution in [-0.4, -0.2) is 7.05 Å². The largest absolute Gasteiger partial charge is 0.397 e. The highest BCUT2D eigenvalue weighted by molar-refractivity contribution is 7.13. The smallest absolute Gasteiger partial charge is 0.109 e. The second-order valence-corrected chi connectivity index (χ2v) is 4.83. The second kappa shape index (κ2) is 4.67. The first-order valence-electron chi connectivity index (χ1n) is 5.38. The number of nitrogen functional groups attached to an aromatic ring is 1. The quantitative estimate of drug-likeness (QED) is 0.621. The minimum absolute atomic E-state index is 0.716. The topological polar surface area (TPSA) is 50.7 Å². The second-order valence-electron chi connectivity index (χ2n) is 3.88. The van der Waals surface area contributed by atoms with Crippen molar-refractivity contribution in [1.29, 1.82) is 0 Å². The molecule has 0 bridgehead atoms. The van der Waals surface area contributed by atoms with Crippen LogP contribution < -0.4 is 5.73 Å². The summed E-state index contributed by atoms with van der Waals surface area (Å²) in [5.41, 5.74) is 11.0. The van der Waals surface area contributed by atoms with Crippen LogP contribution in [0, 0.1) is 13.8 Å². The van der Waals surface area contributed by atoms with Crippen LogP contribution in [0.4, 0.5) is 11.4 Å². The Balaban J connectivity index is 2.68. The van der Waals surface area contributed by atoms with E-state index in [1.807, 2.05) is 19.1 Å². The van der Waals surface area contributed by atoms with Gasteiger partial charge in [0.2, 0.25) is 0 Å². The van der Waals surface area contributed by atoms with Crippen molar-refractivity contribution in [1.82, 2.24) is 0 Å². The molecular formula is C13H15N3S. The number of anilines is 1. The number of nitrogens with zero attached hydrogens (tertiary/aromatic N) is 2. The SMILES string of the molecule is CN=Nc1cc(-c2cccs2)c(C)c(C)c1N. The van der Waals surface area contributed by atoms with E-state index in [1.54, 1.807) is 18.4 Å². The molecule has 2 rings (SSSR count). The van der Waals surface area contributed by atoms with Gasteiger partial charge >= 0.3 is 0 Å². The van der Waals surface area contributed by atoms with E-state index in [4.69, 9.17) is 5.73 Å². The zero-order chi connectivity index (χ0) is 12.4. The molecule has 0 saturated heterocycles. The zero-order valence-electron chi connectivity index (χ0n) is 10.2. The van der Waals surface area contributed by atoms with Crippen LogP contribution in [0.1, 0.15) is 11.1 Å².